The minimum Gasteiger partial charge on any atom is -0.429 e. The quantitative estimate of drug-likeness (QED) is 0.685. The fourth-order valence-electron chi connectivity index (χ4n) is 3.12. The molecule has 0 radical (unpaired) electrons. The van der Waals surface area contributed by atoms with E-state index < -0.39 is 8.24 Å². The van der Waals surface area contributed by atoms with Crippen molar-refractivity contribution in [1.82, 2.24) is 0 Å². The number of nitrogens with zero attached hydrogens (tertiary/aromatic N) is 2. The Morgan fingerprint density at radius 1 is 0.750 bits per heavy atom. The van der Waals surface area contributed by atoms with Gasteiger partial charge in [0.05, 0.1) is 0 Å². The molecule has 0 saturated carbocycles. The molecule has 0 aliphatic rings. The number of hydrogen-bond acceptors (Lipinski definition) is 2. The van der Waals surface area contributed by atoms with Crippen LogP contribution < -0.4 is 8.80 Å². The van der Waals surface area contributed by atoms with E-state index in [-0.39, 0.29) is 19.4 Å². The molecule has 0 aliphatic heterocycles. The fourth-order valence-corrected chi connectivity index (χ4v) is 8.99. The molecule has 2 aromatic carbocycles. The third kappa shape index (κ3) is 4.85. The number of benzene rings is 2. The summed E-state index contributed by atoms with van der Waals surface area (Å²) in [4.78, 5) is 0. The van der Waals surface area contributed by atoms with Crippen molar-refractivity contribution in [2.24, 2.45) is 0 Å². The van der Waals surface area contributed by atoms with Crippen LogP contribution in [0.5, 0.6) is 0 Å². The maximum absolute atomic E-state index is 2.72. The van der Waals surface area contributed by atoms with Gasteiger partial charge in [-0.05, 0) is 48.9 Å². The molecule has 0 saturated heterocycles. The van der Waals surface area contributed by atoms with E-state index in [1.165, 1.54) is 22.5 Å². The zero-order chi connectivity index (χ0) is 17.7. The van der Waals surface area contributed by atoms with Gasteiger partial charge in [0.15, 0.2) is 0 Å². The van der Waals surface area contributed by atoms with Crippen molar-refractivity contribution in [1.29, 1.82) is 0 Å². The fraction of sp³-hybridized carbons (Fsp3) is 0.368. The van der Waals surface area contributed by atoms with Crippen molar-refractivity contribution in [2.45, 2.75) is 39.2 Å². The first-order valence-electron chi connectivity index (χ1n) is 9.01. The number of anilines is 2. The summed E-state index contributed by atoms with van der Waals surface area (Å²) >= 11 is 0. The highest BCUT2D eigenvalue weighted by Crippen LogP contribution is 2.22. The van der Waals surface area contributed by atoms with E-state index in [0.717, 1.165) is 6.42 Å². The molecule has 0 N–H and O–H groups in total. The highest BCUT2D eigenvalue weighted by atomic mass is 28.4. The van der Waals surface area contributed by atoms with Gasteiger partial charge in [-0.15, -0.1) is 0 Å². The molecule has 0 amide bonds. The van der Waals surface area contributed by atoms with Crippen molar-refractivity contribution in [2.75, 3.05) is 15.8 Å². The summed E-state index contributed by atoms with van der Waals surface area (Å²) < 4.78 is 5.12. The van der Waals surface area contributed by atoms with Gasteiger partial charge in [0.25, 0.3) is 0 Å². The topological polar surface area (TPSA) is 6.48 Å². The van der Waals surface area contributed by atoms with Crippen LogP contribution in [0.25, 0.3) is 0 Å². The van der Waals surface area contributed by atoms with Gasteiger partial charge in [0.1, 0.15) is 27.6 Å². The average Bonchev–Trinajstić information content (AvgIpc) is 2.56. The maximum Gasteiger partial charge on any atom is 0.138 e. The Kier molecular flexibility index (Phi) is 6.48. The van der Waals surface area contributed by atoms with Crippen LogP contribution >= 0.6 is 0 Å². The summed E-state index contributed by atoms with van der Waals surface area (Å²) in [6.45, 7) is 12.0. The second-order valence-electron chi connectivity index (χ2n) is 7.44. The highest BCUT2D eigenvalue weighted by Gasteiger charge is 2.22. The van der Waals surface area contributed by atoms with Crippen LogP contribution in [0.3, 0.4) is 0 Å². The number of hydrogen-bond donors (Lipinski definition) is 0. The number of rotatable bonds is 7. The molecule has 2 rings (SSSR count). The molecule has 0 spiro atoms. The van der Waals surface area contributed by atoms with Crippen LogP contribution in [-0.4, -0.2) is 34.6 Å². The van der Waals surface area contributed by atoms with Gasteiger partial charge >= 0.3 is 0 Å². The van der Waals surface area contributed by atoms with Crippen molar-refractivity contribution in [3.8, 4) is 0 Å². The lowest BCUT2D eigenvalue weighted by Crippen LogP contribution is -2.47. The Bertz CT molecular complexity index is 633. The van der Waals surface area contributed by atoms with Gasteiger partial charge < -0.3 is 8.80 Å². The Hall–Kier alpha value is -1.31. The summed E-state index contributed by atoms with van der Waals surface area (Å²) in [7, 11) is 0.664. The van der Waals surface area contributed by atoms with E-state index in [9.17, 15) is 0 Å². The summed E-state index contributed by atoms with van der Waals surface area (Å²) in [5.41, 5.74) is 5.57. The molecule has 2 nitrogen and oxygen atoms in total. The van der Waals surface area contributed by atoms with Gasteiger partial charge in [0.2, 0.25) is 0 Å². The van der Waals surface area contributed by atoms with Gasteiger partial charge in [-0.3, -0.25) is 0 Å². The molecule has 0 aromatic heterocycles. The first-order chi connectivity index (χ1) is 11.3. The van der Waals surface area contributed by atoms with Gasteiger partial charge in [-0.2, -0.15) is 0 Å². The smallest absolute Gasteiger partial charge is 0.138 e. The molecule has 0 aliphatic carbocycles. The maximum atomic E-state index is 2.72. The normalized spacial score (nSPS) is 12.4. The third-order valence-electron chi connectivity index (χ3n) is 4.63. The Labute approximate surface area is 153 Å². The van der Waals surface area contributed by atoms with E-state index in [1.54, 1.807) is 0 Å². The molecule has 0 atom stereocenters. The predicted octanol–water partition coefficient (Wildman–Crippen LogP) is 3.62. The average molecular weight is 373 g/mol. The van der Waals surface area contributed by atoms with E-state index >= 15 is 0 Å². The van der Waals surface area contributed by atoms with Crippen molar-refractivity contribution in [3.63, 3.8) is 0 Å². The Balaban J connectivity index is 2.09. The molecule has 0 unspecified atom stereocenters. The molecule has 0 heterocycles. The minimum atomic E-state index is -1.25. The van der Waals surface area contributed by atoms with Gasteiger partial charge in [-0.1, -0.05) is 57.0 Å². The lowest BCUT2D eigenvalue weighted by Gasteiger charge is -2.36. The van der Waals surface area contributed by atoms with E-state index in [2.05, 4.69) is 97.1 Å². The summed E-state index contributed by atoms with van der Waals surface area (Å²) in [6, 6.07) is 18.3. The van der Waals surface area contributed by atoms with E-state index in [1.807, 2.05) is 0 Å². The molecular formula is C19H32N2Si3. The molecule has 0 fully saturated rings. The van der Waals surface area contributed by atoms with Crippen LogP contribution in [0.15, 0.2) is 48.5 Å². The molecule has 0 bridgehead atoms. The molecule has 24 heavy (non-hydrogen) atoms. The Morgan fingerprint density at radius 3 is 1.58 bits per heavy atom. The van der Waals surface area contributed by atoms with Crippen LogP contribution in [-0.2, 0) is 6.42 Å². The SMILES string of the molecule is C[SiH2]N(C)c1ccc(Cc2ccc(N([SiH2]C)[Si](C)(C)C)cc2)cc1. The minimum absolute atomic E-state index is 0.120. The standard InChI is InChI=1S/C19H32N2Si3/c1-20(22-2)18-11-7-16(8-12-18)15-17-9-13-19(14-10-17)21(23-3)24(4,5)6/h7-14H,15,22-23H2,1-6H3. The van der Waals surface area contributed by atoms with Crippen molar-refractivity contribution < 1.29 is 0 Å². The lowest BCUT2D eigenvalue weighted by atomic mass is 10.0. The highest BCUT2D eigenvalue weighted by molar-refractivity contribution is 6.87. The first kappa shape index (κ1) is 19.0. The first-order valence-corrected chi connectivity index (χ1v) is 16.6. The predicted molar refractivity (Wildman–Crippen MR) is 119 cm³/mol. The second-order valence-corrected chi connectivity index (χ2v) is 15.8. The molecular weight excluding hydrogens is 340 g/mol. The van der Waals surface area contributed by atoms with E-state index in [4.69, 9.17) is 0 Å². The zero-order valence-corrected chi connectivity index (χ0v) is 20.0. The zero-order valence-electron chi connectivity index (χ0n) is 16.1. The van der Waals surface area contributed by atoms with Gasteiger partial charge in [0, 0.05) is 11.4 Å². The molecule has 2 aromatic rings. The molecule has 5 heteroatoms. The Morgan fingerprint density at radius 2 is 1.21 bits per heavy atom. The third-order valence-corrected chi connectivity index (χ3v) is 12.6. The van der Waals surface area contributed by atoms with Crippen LogP contribution in [0.1, 0.15) is 11.1 Å². The van der Waals surface area contributed by atoms with Gasteiger partial charge in [-0.25, -0.2) is 0 Å². The van der Waals surface area contributed by atoms with Crippen LogP contribution in [0.4, 0.5) is 11.4 Å². The largest absolute Gasteiger partial charge is 0.429 e. The summed E-state index contributed by atoms with van der Waals surface area (Å²) in [5, 5.41) is 0. The lowest BCUT2D eigenvalue weighted by molar-refractivity contribution is 1.18. The van der Waals surface area contributed by atoms with Crippen LogP contribution in [0.2, 0.25) is 32.7 Å². The molecule has 130 valence electrons. The van der Waals surface area contributed by atoms with E-state index in [0.29, 0.717) is 0 Å². The van der Waals surface area contributed by atoms with Crippen LogP contribution in [0, 0.1) is 0 Å². The van der Waals surface area contributed by atoms with Crippen molar-refractivity contribution >= 4 is 39.0 Å². The monoisotopic (exact) mass is 372 g/mol. The van der Waals surface area contributed by atoms with Crippen molar-refractivity contribution in [3.05, 3.63) is 59.7 Å². The second kappa shape index (κ2) is 8.18. The summed E-state index contributed by atoms with van der Waals surface area (Å²) in [5.74, 6) is 0. The summed E-state index contributed by atoms with van der Waals surface area (Å²) in [6.07, 6.45) is 1.02.